The fourth-order valence-corrected chi connectivity index (χ4v) is 4.25. The van der Waals surface area contributed by atoms with Crippen molar-refractivity contribution in [1.82, 2.24) is 9.88 Å². The van der Waals surface area contributed by atoms with Gasteiger partial charge in [-0.15, -0.1) is 0 Å². The quantitative estimate of drug-likeness (QED) is 0.443. The third-order valence-electron chi connectivity index (χ3n) is 6.29. The molecule has 2 aromatic carbocycles. The van der Waals surface area contributed by atoms with Crippen LogP contribution in [-0.2, 0) is 6.42 Å². The second kappa shape index (κ2) is 12.1. The monoisotopic (exact) mass is 487 g/mol. The highest BCUT2D eigenvalue weighted by Gasteiger charge is 2.24. The number of rotatable bonds is 8. The Bertz CT molecular complexity index is 1190. The van der Waals surface area contributed by atoms with Crippen LogP contribution in [0.3, 0.4) is 0 Å². The summed E-state index contributed by atoms with van der Waals surface area (Å²) in [4.78, 5) is 18.7. The lowest BCUT2D eigenvalue weighted by Crippen LogP contribution is -2.42. The van der Waals surface area contributed by atoms with Crippen molar-refractivity contribution in [2.75, 3.05) is 39.2 Å². The number of urea groups is 1. The lowest BCUT2D eigenvalue weighted by atomic mass is 9.91. The van der Waals surface area contributed by atoms with Crippen molar-refractivity contribution in [3.8, 4) is 17.4 Å². The number of carbonyl (C=O) groups is 1. The summed E-state index contributed by atoms with van der Waals surface area (Å²) in [5.41, 5.74) is 4.27. The van der Waals surface area contributed by atoms with Gasteiger partial charge in [0.25, 0.3) is 0 Å². The zero-order valence-electron chi connectivity index (χ0n) is 21.1. The Morgan fingerprint density at radius 3 is 2.67 bits per heavy atom. The van der Waals surface area contributed by atoms with E-state index in [0.29, 0.717) is 31.3 Å². The van der Waals surface area contributed by atoms with Crippen LogP contribution in [0.2, 0.25) is 0 Å². The summed E-state index contributed by atoms with van der Waals surface area (Å²) < 4.78 is 16.4. The van der Waals surface area contributed by atoms with Gasteiger partial charge in [0.05, 0.1) is 32.7 Å². The molecule has 1 N–H and O–H groups in total. The van der Waals surface area contributed by atoms with E-state index >= 15 is 0 Å². The van der Waals surface area contributed by atoms with E-state index in [1.54, 1.807) is 32.5 Å². The van der Waals surface area contributed by atoms with Gasteiger partial charge in [-0.05, 0) is 53.8 Å². The van der Waals surface area contributed by atoms with E-state index in [1.165, 1.54) is 11.1 Å². The molecule has 2 heterocycles. The number of pyridine rings is 1. The Labute approximate surface area is 212 Å². The molecule has 36 heavy (non-hydrogen) atoms. The number of amides is 2. The third-order valence-corrected chi connectivity index (χ3v) is 6.29. The smallest absolute Gasteiger partial charge is 0.321 e. The predicted octanol–water partition coefficient (Wildman–Crippen LogP) is 5.68. The van der Waals surface area contributed by atoms with E-state index in [9.17, 15) is 4.79 Å². The molecule has 7 heteroatoms. The van der Waals surface area contributed by atoms with Crippen molar-refractivity contribution in [3.63, 3.8) is 0 Å². The molecule has 1 aliphatic heterocycles. The van der Waals surface area contributed by atoms with Crippen LogP contribution in [0, 0.1) is 5.92 Å². The molecule has 4 rings (SSSR count). The summed E-state index contributed by atoms with van der Waals surface area (Å²) in [5, 5.41) is 2.92. The number of methoxy groups -OCH3 is 2. The average Bonchev–Trinajstić information content (AvgIpc) is 2.90. The molecular formula is C29H33N3O4. The van der Waals surface area contributed by atoms with Crippen molar-refractivity contribution in [3.05, 3.63) is 83.6 Å². The van der Waals surface area contributed by atoms with Gasteiger partial charge in [0.2, 0.25) is 5.88 Å². The zero-order valence-corrected chi connectivity index (χ0v) is 21.1. The Morgan fingerprint density at radius 1 is 1.08 bits per heavy atom. The molecule has 2 amide bonds. The minimum Gasteiger partial charge on any atom is -0.497 e. The summed E-state index contributed by atoms with van der Waals surface area (Å²) >= 11 is 0. The van der Waals surface area contributed by atoms with Gasteiger partial charge >= 0.3 is 6.03 Å². The van der Waals surface area contributed by atoms with Crippen LogP contribution < -0.4 is 19.5 Å². The normalized spacial score (nSPS) is 16.5. The molecule has 1 aliphatic rings. The van der Waals surface area contributed by atoms with Gasteiger partial charge in [-0.25, -0.2) is 9.78 Å². The van der Waals surface area contributed by atoms with Crippen molar-refractivity contribution in [2.24, 2.45) is 5.92 Å². The standard InChI is InChI=1S/C29H33N3O4/c1-21-20-32(29(33)31-25-10-11-28(35-3)30-19-25)14-12-24(21)16-23-7-5-9-27(18-23)36-15-13-22-6-4-8-26(17-22)34-2/h4-11,16-19,21H,12-15,20H2,1-3H3,(H,31,33)/b24-16+. The first-order chi connectivity index (χ1) is 17.5. The fourth-order valence-electron chi connectivity index (χ4n) is 4.25. The van der Waals surface area contributed by atoms with Crippen LogP contribution in [0.1, 0.15) is 24.5 Å². The van der Waals surface area contributed by atoms with Crippen LogP contribution in [0.4, 0.5) is 10.5 Å². The molecule has 188 valence electrons. The van der Waals surface area contributed by atoms with Gasteiger partial charge in [0.1, 0.15) is 11.5 Å². The molecule has 1 atom stereocenters. The number of aromatic nitrogens is 1. The SMILES string of the molecule is COc1cccc(CCOc2cccc(/C=C3\CCN(C(=O)Nc4ccc(OC)nc4)CC3C)c2)c1. The van der Waals surface area contributed by atoms with Crippen LogP contribution in [-0.4, -0.2) is 49.8 Å². The zero-order chi connectivity index (χ0) is 25.3. The molecule has 0 spiro atoms. The van der Waals surface area contributed by atoms with E-state index in [-0.39, 0.29) is 11.9 Å². The van der Waals surface area contributed by atoms with Gasteiger partial charge in [0.15, 0.2) is 0 Å². The van der Waals surface area contributed by atoms with Crippen LogP contribution >= 0.6 is 0 Å². The fraction of sp³-hybridized carbons (Fsp3) is 0.310. The summed E-state index contributed by atoms with van der Waals surface area (Å²) in [7, 11) is 3.24. The Morgan fingerprint density at radius 2 is 1.92 bits per heavy atom. The number of piperidine rings is 1. The first-order valence-electron chi connectivity index (χ1n) is 12.2. The number of nitrogens with one attached hydrogen (secondary N) is 1. The first kappa shape index (κ1) is 25.1. The molecule has 0 radical (unpaired) electrons. The van der Waals surface area contributed by atoms with Gasteiger partial charge in [-0.2, -0.15) is 0 Å². The highest BCUT2D eigenvalue weighted by atomic mass is 16.5. The lowest BCUT2D eigenvalue weighted by Gasteiger charge is -2.33. The number of hydrogen-bond donors (Lipinski definition) is 1. The number of carbonyl (C=O) groups excluding carboxylic acids is 1. The van der Waals surface area contributed by atoms with E-state index in [2.05, 4.69) is 41.5 Å². The first-order valence-corrected chi connectivity index (χ1v) is 12.2. The Kier molecular flexibility index (Phi) is 8.44. The van der Waals surface area contributed by atoms with Crippen LogP contribution in [0.25, 0.3) is 6.08 Å². The number of anilines is 1. The van der Waals surface area contributed by atoms with Crippen LogP contribution in [0.15, 0.2) is 72.4 Å². The highest BCUT2D eigenvalue weighted by molar-refractivity contribution is 5.89. The minimum absolute atomic E-state index is 0.112. The van der Waals surface area contributed by atoms with Crippen molar-refractivity contribution < 1.29 is 19.0 Å². The van der Waals surface area contributed by atoms with Crippen molar-refractivity contribution in [2.45, 2.75) is 19.8 Å². The molecule has 1 saturated heterocycles. The molecule has 7 nitrogen and oxygen atoms in total. The average molecular weight is 488 g/mol. The second-order valence-electron chi connectivity index (χ2n) is 8.86. The third kappa shape index (κ3) is 6.78. The highest BCUT2D eigenvalue weighted by Crippen LogP contribution is 2.27. The molecule has 1 fully saturated rings. The molecular weight excluding hydrogens is 454 g/mol. The topological polar surface area (TPSA) is 72.9 Å². The molecule has 0 saturated carbocycles. The number of likely N-dealkylation sites (tertiary alicyclic amines) is 1. The number of ether oxygens (including phenoxy) is 3. The van der Waals surface area contributed by atoms with Gasteiger partial charge in [-0.3, -0.25) is 0 Å². The molecule has 0 bridgehead atoms. The number of nitrogens with zero attached hydrogens (tertiary/aromatic N) is 2. The molecule has 3 aromatic rings. The number of benzene rings is 2. The molecule has 1 unspecified atom stereocenters. The van der Waals surface area contributed by atoms with Crippen molar-refractivity contribution in [1.29, 1.82) is 0 Å². The molecule has 1 aromatic heterocycles. The maximum Gasteiger partial charge on any atom is 0.321 e. The second-order valence-corrected chi connectivity index (χ2v) is 8.86. The Balaban J connectivity index is 1.30. The maximum atomic E-state index is 12.7. The van der Waals surface area contributed by atoms with E-state index in [4.69, 9.17) is 14.2 Å². The summed E-state index contributed by atoms with van der Waals surface area (Å²) in [6.07, 6.45) is 5.46. The van der Waals surface area contributed by atoms with E-state index in [1.807, 2.05) is 35.2 Å². The lowest BCUT2D eigenvalue weighted by molar-refractivity contribution is 0.198. The van der Waals surface area contributed by atoms with E-state index in [0.717, 1.165) is 29.9 Å². The number of hydrogen-bond acceptors (Lipinski definition) is 5. The van der Waals surface area contributed by atoms with Gasteiger partial charge in [0, 0.05) is 25.6 Å². The Hall–Kier alpha value is -4.00. The minimum atomic E-state index is -0.112. The largest absolute Gasteiger partial charge is 0.497 e. The molecule has 0 aliphatic carbocycles. The van der Waals surface area contributed by atoms with Gasteiger partial charge in [-0.1, -0.05) is 42.8 Å². The summed E-state index contributed by atoms with van der Waals surface area (Å²) in [6.45, 7) is 4.09. The summed E-state index contributed by atoms with van der Waals surface area (Å²) in [5.74, 6) is 2.48. The predicted molar refractivity (Wildman–Crippen MR) is 142 cm³/mol. The van der Waals surface area contributed by atoms with Crippen molar-refractivity contribution >= 4 is 17.8 Å². The van der Waals surface area contributed by atoms with E-state index < -0.39 is 0 Å². The summed E-state index contributed by atoms with van der Waals surface area (Å²) in [6, 6.07) is 19.6. The maximum absolute atomic E-state index is 12.7. The van der Waals surface area contributed by atoms with Crippen LogP contribution in [0.5, 0.6) is 17.4 Å². The van der Waals surface area contributed by atoms with Gasteiger partial charge < -0.3 is 24.4 Å².